The quantitative estimate of drug-likeness (QED) is 0.854. The number of amides is 1. The summed E-state index contributed by atoms with van der Waals surface area (Å²) in [6, 6.07) is 7.83. The van der Waals surface area contributed by atoms with Crippen LogP contribution < -0.4 is 10.6 Å². The number of rotatable bonds is 2. The van der Waals surface area contributed by atoms with Crippen molar-refractivity contribution in [3.05, 3.63) is 46.2 Å². The molecule has 3 rings (SSSR count). The topological polar surface area (TPSA) is 46.3 Å². The van der Waals surface area contributed by atoms with E-state index < -0.39 is 0 Å². The van der Waals surface area contributed by atoms with E-state index in [9.17, 15) is 4.79 Å². The summed E-state index contributed by atoms with van der Waals surface area (Å²) >= 11 is 1.63. The standard InChI is InChI=1S/C15H16N2OS/c16-13-3-4-14-12(9-13)2-1-6-17(14)15(18)8-11-5-7-19-10-11/h3-5,7,9-10H,1-2,6,8,16H2. The highest BCUT2D eigenvalue weighted by Gasteiger charge is 2.22. The summed E-state index contributed by atoms with van der Waals surface area (Å²) in [7, 11) is 0. The first kappa shape index (κ1) is 12.2. The molecule has 0 atom stereocenters. The van der Waals surface area contributed by atoms with Gasteiger partial charge in [0.15, 0.2) is 0 Å². The van der Waals surface area contributed by atoms with Crippen LogP contribution in [0.2, 0.25) is 0 Å². The Balaban J connectivity index is 1.85. The Morgan fingerprint density at radius 1 is 1.37 bits per heavy atom. The van der Waals surface area contributed by atoms with Crippen LogP contribution in [-0.4, -0.2) is 12.5 Å². The highest BCUT2D eigenvalue weighted by molar-refractivity contribution is 7.08. The lowest BCUT2D eigenvalue weighted by Crippen LogP contribution is -2.36. The van der Waals surface area contributed by atoms with Gasteiger partial charge in [0.2, 0.25) is 5.91 Å². The maximum Gasteiger partial charge on any atom is 0.231 e. The van der Waals surface area contributed by atoms with E-state index in [1.807, 2.05) is 39.9 Å². The summed E-state index contributed by atoms with van der Waals surface area (Å²) in [5, 5.41) is 4.04. The Kier molecular flexibility index (Phi) is 3.25. The second-order valence-corrected chi connectivity index (χ2v) is 5.63. The van der Waals surface area contributed by atoms with E-state index in [1.165, 1.54) is 5.56 Å². The van der Waals surface area contributed by atoms with Gasteiger partial charge in [0.05, 0.1) is 6.42 Å². The molecule has 1 aliphatic heterocycles. The third-order valence-electron chi connectivity index (χ3n) is 3.46. The van der Waals surface area contributed by atoms with Crippen LogP contribution in [0.4, 0.5) is 11.4 Å². The molecule has 0 fully saturated rings. The van der Waals surface area contributed by atoms with Crippen LogP contribution in [0.1, 0.15) is 17.5 Å². The number of fused-ring (bicyclic) bond motifs is 1. The number of anilines is 2. The minimum Gasteiger partial charge on any atom is -0.399 e. The van der Waals surface area contributed by atoms with Crippen molar-refractivity contribution in [3.63, 3.8) is 0 Å². The minimum atomic E-state index is 0.170. The SMILES string of the molecule is Nc1ccc2c(c1)CCCN2C(=O)Cc1ccsc1. The van der Waals surface area contributed by atoms with Gasteiger partial charge < -0.3 is 10.6 Å². The molecular formula is C15H16N2OS. The summed E-state index contributed by atoms with van der Waals surface area (Å²) in [5.41, 5.74) is 9.89. The van der Waals surface area contributed by atoms with Crippen LogP contribution in [0.25, 0.3) is 0 Å². The van der Waals surface area contributed by atoms with Crippen molar-refractivity contribution in [2.75, 3.05) is 17.2 Å². The number of nitrogen functional groups attached to an aromatic ring is 1. The molecule has 1 aromatic carbocycles. The molecule has 19 heavy (non-hydrogen) atoms. The van der Waals surface area contributed by atoms with Gasteiger partial charge in [-0.25, -0.2) is 0 Å². The molecule has 1 aromatic heterocycles. The number of benzene rings is 1. The van der Waals surface area contributed by atoms with E-state index in [0.29, 0.717) is 6.42 Å². The fraction of sp³-hybridized carbons (Fsp3) is 0.267. The van der Waals surface area contributed by atoms with Crippen LogP contribution in [0.5, 0.6) is 0 Å². The van der Waals surface area contributed by atoms with Crippen molar-refractivity contribution >= 4 is 28.6 Å². The van der Waals surface area contributed by atoms with E-state index in [1.54, 1.807) is 11.3 Å². The van der Waals surface area contributed by atoms with E-state index in [2.05, 4.69) is 0 Å². The molecule has 0 radical (unpaired) electrons. The number of carbonyl (C=O) groups excluding carboxylic acids is 1. The first-order chi connectivity index (χ1) is 9.24. The van der Waals surface area contributed by atoms with Gasteiger partial charge in [-0.15, -0.1) is 0 Å². The van der Waals surface area contributed by atoms with Crippen molar-refractivity contribution in [1.29, 1.82) is 0 Å². The number of hydrogen-bond donors (Lipinski definition) is 1. The van der Waals surface area contributed by atoms with Crippen LogP contribution in [0.3, 0.4) is 0 Å². The van der Waals surface area contributed by atoms with Crippen molar-refractivity contribution < 1.29 is 4.79 Å². The van der Waals surface area contributed by atoms with E-state index >= 15 is 0 Å². The zero-order valence-electron chi connectivity index (χ0n) is 10.6. The lowest BCUT2D eigenvalue weighted by molar-refractivity contribution is -0.118. The number of thiophene rings is 1. The highest BCUT2D eigenvalue weighted by Crippen LogP contribution is 2.29. The molecule has 0 saturated carbocycles. The average Bonchev–Trinajstić information content (AvgIpc) is 2.90. The van der Waals surface area contributed by atoms with Gasteiger partial charge >= 0.3 is 0 Å². The molecule has 3 nitrogen and oxygen atoms in total. The molecule has 0 unspecified atom stereocenters. The molecule has 98 valence electrons. The Labute approximate surface area is 116 Å². The minimum absolute atomic E-state index is 0.170. The lowest BCUT2D eigenvalue weighted by atomic mass is 10.0. The molecule has 2 N–H and O–H groups in total. The molecule has 0 spiro atoms. The predicted molar refractivity (Wildman–Crippen MR) is 79.6 cm³/mol. The van der Waals surface area contributed by atoms with Gasteiger partial charge in [0, 0.05) is 17.9 Å². The zero-order chi connectivity index (χ0) is 13.2. The maximum atomic E-state index is 12.4. The second-order valence-electron chi connectivity index (χ2n) is 4.85. The Morgan fingerprint density at radius 3 is 3.05 bits per heavy atom. The molecule has 2 aromatic rings. The van der Waals surface area contributed by atoms with Crippen LogP contribution in [-0.2, 0) is 17.6 Å². The molecular weight excluding hydrogens is 256 g/mol. The maximum absolute atomic E-state index is 12.4. The van der Waals surface area contributed by atoms with Gasteiger partial charge in [-0.2, -0.15) is 11.3 Å². The molecule has 1 amide bonds. The summed E-state index contributed by atoms with van der Waals surface area (Å²) < 4.78 is 0. The second kappa shape index (κ2) is 5.05. The lowest BCUT2D eigenvalue weighted by Gasteiger charge is -2.29. The Morgan fingerprint density at radius 2 is 2.26 bits per heavy atom. The van der Waals surface area contributed by atoms with Gasteiger partial charge in [0.1, 0.15) is 0 Å². The molecule has 0 bridgehead atoms. The number of hydrogen-bond acceptors (Lipinski definition) is 3. The van der Waals surface area contributed by atoms with Crippen LogP contribution in [0, 0.1) is 0 Å². The van der Waals surface area contributed by atoms with Gasteiger partial charge in [-0.3, -0.25) is 4.79 Å². The highest BCUT2D eigenvalue weighted by atomic mass is 32.1. The predicted octanol–water partition coefficient (Wildman–Crippen LogP) is 2.85. The average molecular weight is 272 g/mol. The summed E-state index contributed by atoms with van der Waals surface area (Å²) in [4.78, 5) is 14.3. The Bertz CT molecular complexity index is 592. The largest absolute Gasteiger partial charge is 0.399 e. The molecule has 1 aliphatic rings. The van der Waals surface area contributed by atoms with Crippen molar-refractivity contribution in [1.82, 2.24) is 0 Å². The number of nitrogens with two attached hydrogens (primary N) is 1. The van der Waals surface area contributed by atoms with Gasteiger partial charge in [-0.1, -0.05) is 0 Å². The first-order valence-electron chi connectivity index (χ1n) is 6.44. The third-order valence-corrected chi connectivity index (χ3v) is 4.19. The smallest absolute Gasteiger partial charge is 0.231 e. The molecule has 0 aliphatic carbocycles. The number of carbonyl (C=O) groups is 1. The van der Waals surface area contributed by atoms with Gasteiger partial charge in [-0.05, 0) is 59.0 Å². The van der Waals surface area contributed by atoms with E-state index in [4.69, 9.17) is 5.73 Å². The zero-order valence-corrected chi connectivity index (χ0v) is 11.5. The number of nitrogens with zero attached hydrogens (tertiary/aromatic N) is 1. The molecule has 4 heteroatoms. The summed E-state index contributed by atoms with van der Waals surface area (Å²) in [6.07, 6.45) is 2.49. The van der Waals surface area contributed by atoms with Crippen molar-refractivity contribution in [2.24, 2.45) is 0 Å². The fourth-order valence-electron chi connectivity index (χ4n) is 2.54. The monoisotopic (exact) mass is 272 g/mol. The number of aryl methyl sites for hydroxylation is 1. The summed E-state index contributed by atoms with van der Waals surface area (Å²) in [6.45, 7) is 0.805. The van der Waals surface area contributed by atoms with E-state index in [-0.39, 0.29) is 5.91 Å². The molecule has 2 heterocycles. The van der Waals surface area contributed by atoms with Crippen LogP contribution in [0.15, 0.2) is 35.0 Å². The third kappa shape index (κ3) is 2.49. The first-order valence-corrected chi connectivity index (χ1v) is 7.38. The normalized spacial score (nSPS) is 14.2. The van der Waals surface area contributed by atoms with Crippen molar-refractivity contribution in [3.8, 4) is 0 Å². The van der Waals surface area contributed by atoms with Crippen molar-refractivity contribution in [2.45, 2.75) is 19.3 Å². The molecule has 0 saturated heterocycles. The summed E-state index contributed by atoms with van der Waals surface area (Å²) in [5.74, 6) is 0.170. The van der Waals surface area contributed by atoms with Gasteiger partial charge in [0.25, 0.3) is 0 Å². The Hall–Kier alpha value is -1.81. The van der Waals surface area contributed by atoms with Crippen LogP contribution >= 0.6 is 11.3 Å². The fourth-order valence-corrected chi connectivity index (χ4v) is 3.21. The van der Waals surface area contributed by atoms with E-state index in [0.717, 1.165) is 36.3 Å².